The normalized spacial score (nSPS) is 16.6. The summed E-state index contributed by atoms with van der Waals surface area (Å²) in [6.07, 6.45) is 1.46. The van der Waals surface area contributed by atoms with Gasteiger partial charge in [0.1, 0.15) is 11.5 Å². The van der Waals surface area contributed by atoms with Gasteiger partial charge in [0.05, 0.1) is 6.54 Å². The van der Waals surface area contributed by atoms with E-state index in [0.29, 0.717) is 17.6 Å². The molecular weight excluding hydrogens is 302 g/mol. The molecule has 0 unspecified atom stereocenters. The van der Waals surface area contributed by atoms with E-state index >= 15 is 0 Å². The fourth-order valence-corrected chi connectivity index (χ4v) is 2.58. The van der Waals surface area contributed by atoms with Crippen LogP contribution in [-0.2, 0) is 6.54 Å². The number of rotatable bonds is 3. The first-order valence-electron chi connectivity index (χ1n) is 7.67. The number of nitrogens with one attached hydrogen (secondary N) is 1. The number of fused-ring (bicyclic) bond motifs is 1. The third-order valence-corrected chi connectivity index (χ3v) is 3.71. The Morgan fingerprint density at radius 1 is 1.35 bits per heavy atom. The van der Waals surface area contributed by atoms with Crippen molar-refractivity contribution in [3.05, 3.63) is 23.9 Å². The molecule has 0 amide bonds. The van der Waals surface area contributed by atoms with Crippen molar-refractivity contribution in [2.45, 2.75) is 45.7 Å². The highest BCUT2D eigenvalue weighted by atomic mass is 19.3. The van der Waals surface area contributed by atoms with Gasteiger partial charge in [-0.2, -0.15) is 5.10 Å². The molecule has 0 aromatic carbocycles. The van der Waals surface area contributed by atoms with Crippen LogP contribution in [0.15, 0.2) is 18.3 Å². The van der Waals surface area contributed by atoms with Crippen molar-refractivity contribution < 1.29 is 13.5 Å². The molecule has 2 aromatic rings. The molecule has 0 bridgehead atoms. The van der Waals surface area contributed by atoms with Crippen molar-refractivity contribution in [2.24, 2.45) is 0 Å². The lowest BCUT2D eigenvalue weighted by Crippen LogP contribution is -2.24. The Labute approximate surface area is 133 Å². The molecule has 3 rings (SSSR count). The summed E-state index contributed by atoms with van der Waals surface area (Å²) >= 11 is 0. The van der Waals surface area contributed by atoms with Gasteiger partial charge < -0.3 is 10.1 Å². The lowest BCUT2D eigenvalue weighted by molar-refractivity contribution is -0.0427. The summed E-state index contributed by atoms with van der Waals surface area (Å²) in [5.74, 6) is -1.60. The average molecular weight is 322 g/mol. The van der Waals surface area contributed by atoms with Crippen LogP contribution in [0, 0.1) is 6.92 Å². The zero-order valence-corrected chi connectivity index (χ0v) is 13.4. The summed E-state index contributed by atoms with van der Waals surface area (Å²) in [4.78, 5) is 4.36. The number of aryl methyl sites for hydroxylation is 1. The molecule has 3 heterocycles. The molecule has 1 aliphatic rings. The van der Waals surface area contributed by atoms with E-state index < -0.39 is 12.5 Å². The standard InChI is InChI=1S/C16H20F2N4O/c1-10(2)20-13-5-4-12(8-19-13)14-11(3)15-22(21-14)7-6-16(17,18)9-23-15/h4-5,8,10H,6-7,9H2,1-3H3,(H,19,20). The molecule has 1 aliphatic heterocycles. The van der Waals surface area contributed by atoms with Crippen molar-refractivity contribution in [1.29, 1.82) is 0 Å². The Morgan fingerprint density at radius 3 is 2.78 bits per heavy atom. The highest BCUT2D eigenvalue weighted by molar-refractivity contribution is 5.65. The van der Waals surface area contributed by atoms with Crippen LogP contribution >= 0.6 is 0 Å². The smallest absolute Gasteiger partial charge is 0.283 e. The van der Waals surface area contributed by atoms with E-state index in [1.54, 1.807) is 6.20 Å². The zero-order valence-electron chi connectivity index (χ0n) is 13.4. The van der Waals surface area contributed by atoms with E-state index in [2.05, 4.69) is 15.4 Å². The number of ether oxygens (including phenoxy) is 1. The molecular formula is C16H20F2N4O. The summed E-state index contributed by atoms with van der Waals surface area (Å²) in [5, 5.41) is 7.65. The van der Waals surface area contributed by atoms with E-state index in [1.807, 2.05) is 32.9 Å². The Hall–Kier alpha value is -2.18. The maximum Gasteiger partial charge on any atom is 0.283 e. The number of hydrogen-bond acceptors (Lipinski definition) is 4. The molecule has 124 valence electrons. The first-order chi connectivity index (χ1) is 10.9. The van der Waals surface area contributed by atoms with Gasteiger partial charge >= 0.3 is 0 Å². The Morgan fingerprint density at radius 2 is 2.13 bits per heavy atom. The number of halogens is 2. The summed E-state index contributed by atoms with van der Waals surface area (Å²) < 4.78 is 33.7. The maximum absolute atomic E-state index is 13.4. The minimum atomic E-state index is -2.81. The molecule has 5 nitrogen and oxygen atoms in total. The number of hydrogen-bond donors (Lipinski definition) is 1. The largest absolute Gasteiger partial charge is 0.471 e. The van der Waals surface area contributed by atoms with Gasteiger partial charge in [-0.15, -0.1) is 0 Å². The zero-order chi connectivity index (χ0) is 16.6. The molecule has 0 saturated carbocycles. The molecule has 0 fully saturated rings. The molecule has 0 radical (unpaired) electrons. The third-order valence-electron chi connectivity index (χ3n) is 3.71. The van der Waals surface area contributed by atoms with Crippen LogP contribution in [0.5, 0.6) is 5.88 Å². The van der Waals surface area contributed by atoms with Gasteiger partial charge in [0.25, 0.3) is 5.92 Å². The summed E-state index contributed by atoms with van der Waals surface area (Å²) in [6, 6.07) is 4.10. The molecule has 1 N–H and O–H groups in total. The van der Waals surface area contributed by atoms with Crippen LogP contribution in [0.4, 0.5) is 14.6 Å². The van der Waals surface area contributed by atoms with Crippen molar-refractivity contribution in [3.8, 4) is 17.1 Å². The van der Waals surface area contributed by atoms with Gasteiger partial charge in [0.2, 0.25) is 5.88 Å². The van der Waals surface area contributed by atoms with Gasteiger partial charge in [-0.1, -0.05) is 0 Å². The molecule has 0 spiro atoms. The second-order valence-corrected chi connectivity index (χ2v) is 6.13. The fourth-order valence-electron chi connectivity index (χ4n) is 2.58. The first kappa shape index (κ1) is 15.7. The summed E-state index contributed by atoms with van der Waals surface area (Å²) in [7, 11) is 0. The van der Waals surface area contributed by atoms with E-state index in [9.17, 15) is 8.78 Å². The Bertz CT molecular complexity index is 695. The Balaban J connectivity index is 1.88. The number of anilines is 1. The second-order valence-electron chi connectivity index (χ2n) is 6.13. The molecule has 0 saturated heterocycles. The van der Waals surface area contributed by atoms with Crippen LogP contribution < -0.4 is 10.1 Å². The SMILES string of the molecule is Cc1c(-c2ccc(NC(C)C)nc2)nn2c1OCC(F)(F)CC2. The van der Waals surface area contributed by atoms with Crippen LogP contribution in [-0.4, -0.2) is 33.3 Å². The van der Waals surface area contributed by atoms with Crippen LogP contribution in [0.1, 0.15) is 25.8 Å². The lowest BCUT2D eigenvalue weighted by Gasteiger charge is -2.12. The predicted molar refractivity (Wildman–Crippen MR) is 84.0 cm³/mol. The van der Waals surface area contributed by atoms with Crippen LogP contribution in [0.2, 0.25) is 0 Å². The van der Waals surface area contributed by atoms with Crippen molar-refractivity contribution in [1.82, 2.24) is 14.8 Å². The number of nitrogens with zero attached hydrogens (tertiary/aromatic N) is 3. The monoisotopic (exact) mass is 322 g/mol. The van der Waals surface area contributed by atoms with Crippen LogP contribution in [0.25, 0.3) is 11.3 Å². The van der Waals surface area contributed by atoms with Gasteiger partial charge in [-0.05, 0) is 32.9 Å². The predicted octanol–water partition coefficient (Wildman–Crippen LogP) is 3.49. The minimum absolute atomic E-state index is 0.142. The first-order valence-corrected chi connectivity index (χ1v) is 7.67. The topological polar surface area (TPSA) is 52.0 Å². The summed E-state index contributed by atoms with van der Waals surface area (Å²) in [6.45, 7) is 5.45. The lowest BCUT2D eigenvalue weighted by atomic mass is 10.1. The second kappa shape index (κ2) is 5.79. The summed E-state index contributed by atoms with van der Waals surface area (Å²) in [5.41, 5.74) is 2.32. The Kier molecular flexibility index (Phi) is 3.95. The molecule has 23 heavy (non-hydrogen) atoms. The average Bonchev–Trinajstić information content (AvgIpc) is 2.71. The molecule has 7 heteroatoms. The minimum Gasteiger partial charge on any atom is -0.471 e. The quantitative estimate of drug-likeness (QED) is 0.940. The number of pyridine rings is 1. The van der Waals surface area contributed by atoms with E-state index in [4.69, 9.17) is 4.74 Å². The van der Waals surface area contributed by atoms with Crippen LogP contribution in [0.3, 0.4) is 0 Å². The van der Waals surface area contributed by atoms with Gasteiger partial charge in [-0.3, -0.25) is 0 Å². The van der Waals surface area contributed by atoms with Crippen molar-refractivity contribution in [2.75, 3.05) is 11.9 Å². The third kappa shape index (κ3) is 3.28. The highest BCUT2D eigenvalue weighted by Gasteiger charge is 2.34. The molecule has 0 atom stereocenters. The fraction of sp³-hybridized carbons (Fsp3) is 0.500. The van der Waals surface area contributed by atoms with Crippen molar-refractivity contribution >= 4 is 5.82 Å². The van der Waals surface area contributed by atoms with E-state index in [1.165, 1.54) is 4.68 Å². The number of alkyl halides is 2. The van der Waals surface area contributed by atoms with E-state index in [-0.39, 0.29) is 13.0 Å². The number of aromatic nitrogens is 3. The maximum atomic E-state index is 13.4. The highest BCUT2D eigenvalue weighted by Crippen LogP contribution is 2.34. The molecule has 0 aliphatic carbocycles. The van der Waals surface area contributed by atoms with Gasteiger partial charge in [0, 0.05) is 29.8 Å². The molecule has 2 aromatic heterocycles. The van der Waals surface area contributed by atoms with Gasteiger partial charge in [0.15, 0.2) is 6.61 Å². The van der Waals surface area contributed by atoms with Crippen molar-refractivity contribution in [3.63, 3.8) is 0 Å². The van der Waals surface area contributed by atoms with Gasteiger partial charge in [-0.25, -0.2) is 18.4 Å². The van der Waals surface area contributed by atoms with E-state index in [0.717, 1.165) is 16.9 Å².